The second-order valence-corrected chi connectivity index (χ2v) is 9.03. The van der Waals surface area contributed by atoms with Gasteiger partial charge in [0.05, 0.1) is 27.1 Å². The minimum Gasteiger partial charge on any atom is -0.488 e. The van der Waals surface area contributed by atoms with Crippen LogP contribution in [-0.4, -0.2) is 27.8 Å². The van der Waals surface area contributed by atoms with Gasteiger partial charge in [0.15, 0.2) is 4.34 Å². The van der Waals surface area contributed by atoms with Crippen LogP contribution < -0.4 is 10.2 Å². The van der Waals surface area contributed by atoms with Crippen molar-refractivity contribution in [1.29, 1.82) is 0 Å². The zero-order chi connectivity index (χ0) is 23.0. The molecule has 0 radical (unpaired) electrons. The number of hydrogen-bond donors (Lipinski definition) is 1. The van der Waals surface area contributed by atoms with Crippen LogP contribution in [0.25, 0.3) is 10.2 Å². The third-order valence-corrected chi connectivity index (χ3v) is 6.63. The van der Waals surface area contributed by atoms with E-state index in [4.69, 9.17) is 4.74 Å². The van der Waals surface area contributed by atoms with E-state index in [1.54, 1.807) is 29.5 Å². The van der Waals surface area contributed by atoms with E-state index in [2.05, 4.69) is 15.5 Å². The van der Waals surface area contributed by atoms with E-state index in [0.29, 0.717) is 11.3 Å². The lowest BCUT2D eigenvalue weighted by Crippen LogP contribution is -2.19. The highest BCUT2D eigenvalue weighted by Crippen LogP contribution is 2.29. The van der Waals surface area contributed by atoms with E-state index in [-0.39, 0.29) is 24.0 Å². The molecule has 0 bridgehead atoms. The van der Waals surface area contributed by atoms with Crippen molar-refractivity contribution in [3.05, 3.63) is 94.0 Å². The molecule has 4 rings (SSSR count). The second kappa shape index (κ2) is 10.7. The molecular formula is C23H18N4O4S2. The number of hydrazone groups is 1. The van der Waals surface area contributed by atoms with Crippen LogP contribution in [0.3, 0.4) is 0 Å². The Hall–Kier alpha value is -3.76. The molecule has 33 heavy (non-hydrogen) atoms. The number of rotatable bonds is 9. The molecule has 0 fully saturated rings. The first-order valence-corrected chi connectivity index (χ1v) is 11.6. The van der Waals surface area contributed by atoms with Crippen molar-refractivity contribution in [3.8, 4) is 5.75 Å². The molecule has 1 amide bonds. The molecule has 0 aliphatic carbocycles. The number of non-ortho nitro benzene ring substituents is 1. The second-order valence-electron chi connectivity index (χ2n) is 6.78. The first-order chi connectivity index (χ1) is 16.1. The summed E-state index contributed by atoms with van der Waals surface area (Å²) in [7, 11) is 0. The predicted octanol–water partition coefficient (Wildman–Crippen LogP) is 5.03. The first kappa shape index (κ1) is 22.4. The van der Waals surface area contributed by atoms with Crippen LogP contribution >= 0.6 is 23.1 Å². The van der Waals surface area contributed by atoms with Gasteiger partial charge in [0, 0.05) is 17.7 Å². The number of aromatic nitrogens is 1. The Balaban J connectivity index is 1.29. The molecule has 0 spiro atoms. The highest BCUT2D eigenvalue weighted by atomic mass is 32.2. The molecule has 8 nitrogen and oxygen atoms in total. The molecule has 10 heteroatoms. The molecule has 1 heterocycles. The number of nitro groups is 1. The summed E-state index contributed by atoms with van der Waals surface area (Å²) in [5.41, 5.74) is 4.97. The van der Waals surface area contributed by atoms with Gasteiger partial charge in [-0.05, 0) is 42.0 Å². The Morgan fingerprint density at radius 3 is 2.67 bits per heavy atom. The van der Waals surface area contributed by atoms with E-state index in [1.165, 1.54) is 30.1 Å². The largest absolute Gasteiger partial charge is 0.488 e. The van der Waals surface area contributed by atoms with E-state index in [0.717, 1.165) is 20.1 Å². The molecular weight excluding hydrogens is 460 g/mol. The van der Waals surface area contributed by atoms with E-state index in [1.807, 2.05) is 42.5 Å². The summed E-state index contributed by atoms with van der Waals surface area (Å²) in [6, 6.07) is 21.3. The van der Waals surface area contributed by atoms with Crippen molar-refractivity contribution >= 4 is 51.1 Å². The van der Waals surface area contributed by atoms with E-state index < -0.39 is 4.92 Å². The Bertz CT molecular complexity index is 1270. The summed E-state index contributed by atoms with van der Waals surface area (Å²) in [5, 5.41) is 14.8. The Morgan fingerprint density at radius 1 is 1.12 bits per heavy atom. The average molecular weight is 479 g/mol. The fraction of sp³-hybridized carbons (Fsp3) is 0.0870. The number of benzene rings is 3. The number of carbonyl (C=O) groups excluding carboxylic acids is 1. The van der Waals surface area contributed by atoms with Gasteiger partial charge in [-0.1, -0.05) is 36.0 Å². The first-order valence-electron chi connectivity index (χ1n) is 9.84. The van der Waals surface area contributed by atoms with Crippen LogP contribution in [0.2, 0.25) is 0 Å². The van der Waals surface area contributed by atoms with Crippen molar-refractivity contribution in [1.82, 2.24) is 10.4 Å². The normalized spacial score (nSPS) is 11.0. The molecule has 0 saturated carbocycles. The predicted molar refractivity (Wildman–Crippen MR) is 130 cm³/mol. The third-order valence-electron chi connectivity index (χ3n) is 4.45. The minimum absolute atomic E-state index is 0.0309. The molecule has 0 saturated heterocycles. The van der Waals surface area contributed by atoms with Crippen molar-refractivity contribution in [2.75, 3.05) is 5.75 Å². The summed E-state index contributed by atoms with van der Waals surface area (Å²) in [6.07, 6.45) is 1.52. The Morgan fingerprint density at radius 2 is 1.88 bits per heavy atom. The number of ether oxygens (including phenoxy) is 1. The van der Waals surface area contributed by atoms with Crippen LogP contribution in [0, 0.1) is 10.1 Å². The van der Waals surface area contributed by atoms with Gasteiger partial charge in [-0.15, -0.1) is 11.3 Å². The van der Waals surface area contributed by atoms with Gasteiger partial charge in [0.1, 0.15) is 12.4 Å². The number of carbonyl (C=O) groups is 1. The van der Waals surface area contributed by atoms with E-state index >= 15 is 0 Å². The Labute approximate surface area is 197 Å². The molecule has 4 aromatic rings. The van der Waals surface area contributed by atoms with Crippen LogP contribution in [0.1, 0.15) is 11.1 Å². The molecule has 1 N–H and O–H groups in total. The number of thiazole rings is 1. The molecule has 0 aliphatic rings. The third kappa shape index (κ3) is 6.15. The van der Waals surface area contributed by atoms with Crippen LogP contribution in [0.15, 0.2) is 82.2 Å². The van der Waals surface area contributed by atoms with Gasteiger partial charge in [-0.25, -0.2) is 10.4 Å². The standard InChI is InChI=1S/C23H18N4O4S2/c28-22(15-32-23-25-19-6-2-4-8-21(19)33-23)26-24-13-17-5-1-3-7-20(17)31-14-16-9-11-18(12-10-16)27(29)30/h1-13H,14-15H2,(H,26,28)/b24-13+. The van der Waals surface area contributed by atoms with Gasteiger partial charge in [-0.3, -0.25) is 14.9 Å². The van der Waals surface area contributed by atoms with Crippen LogP contribution in [0.5, 0.6) is 5.75 Å². The summed E-state index contributed by atoms with van der Waals surface area (Å²) in [5.74, 6) is 0.549. The number of fused-ring (bicyclic) bond motifs is 1. The molecule has 166 valence electrons. The monoisotopic (exact) mass is 478 g/mol. The van der Waals surface area contributed by atoms with Gasteiger partial charge >= 0.3 is 0 Å². The SMILES string of the molecule is O=C(CSc1nc2ccccc2s1)N/N=C/c1ccccc1OCc1ccc([N+](=O)[O-])cc1. The highest BCUT2D eigenvalue weighted by molar-refractivity contribution is 8.01. The molecule has 1 aromatic heterocycles. The number of amides is 1. The van der Waals surface area contributed by atoms with Crippen LogP contribution in [0.4, 0.5) is 5.69 Å². The highest BCUT2D eigenvalue weighted by Gasteiger charge is 2.08. The molecule has 0 atom stereocenters. The Kier molecular flexibility index (Phi) is 7.28. The van der Waals surface area contributed by atoms with Crippen molar-refractivity contribution < 1.29 is 14.5 Å². The quantitative estimate of drug-likeness (QED) is 0.157. The summed E-state index contributed by atoms with van der Waals surface area (Å²) in [4.78, 5) is 27.0. The number of para-hydroxylation sites is 2. The average Bonchev–Trinajstić information content (AvgIpc) is 3.25. The topological polar surface area (TPSA) is 107 Å². The van der Waals surface area contributed by atoms with Crippen molar-refractivity contribution in [2.24, 2.45) is 5.10 Å². The van der Waals surface area contributed by atoms with Gasteiger partial charge in [-0.2, -0.15) is 5.10 Å². The van der Waals surface area contributed by atoms with Gasteiger partial charge in [0.2, 0.25) is 0 Å². The fourth-order valence-electron chi connectivity index (χ4n) is 2.84. The lowest BCUT2D eigenvalue weighted by molar-refractivity contribution is -0.384. The maximum absolute atomic E-state index is 12.1. The zero-order valence-electron chi connectivity index (χ0n) is 17.2. The van der Waals surface area contributed by atoms with Crippen molar-refractivity contribution in [2.45, 2.75) is 10.9 Å². The molecule has 0 aliphatic heterocycles. The summed E-state index contributed by atoms with van der Waals surface area (Å²) < 4.78 is 7.75. The lowest BCUT2D eigenvalue weighted by atomic mass is 10.2. The number of thioether (sulfide) groups is 1. The molecule has 0 unspecified atom stereocenters. The fourth-order valence-corrected chi connectivity index (χ4v) is 4.70. The summed E-state index contributed by atoms with van der Waals surface area (Å²) >= 11 is 2.92. The van der Waals surface area contributed by atoms with Gasteiger partial charge < -0.3 is 4.74 Å². The van der Waals surface area contributed by atoms with Crippen LogP contribution in [-0.2, 0) is 11.4 Å². The van der Waals surface area contributed by atoms with Crippen molar-refractivity contribution in [3.63, 3.8) is 0 Å². The maximum atomic E-state index is 12.1. The minimum atomic E-state index is -0.442. The number of nitrogens with one attached hydrogen (secondary N) is 1. The molecule has 3 aromatic carbocycles. The number of nitro benzene ring substituents is 1. The zero-order valence-corrected chi connectivity index (χ0v) is 18.8. The van der Waals surface area contributed by atoms with Gasteiger partial charge in [0.25, 0.3) is 11.6 Å². The van der Waals surface area contributed by atoms with E-state index in [9.17, 15) is 14.9 Å². The number of hydrogen-bond acceptors (Lipinski definition) is 8. The maximum Gasteiger partial charge on any atom is 0.269 e. The smallest absolute Gasteiger partial charge is 0.269 e. The number of nitrogens with zero attached hydrogens (tertiary/aromatic N) is 3. The lowest BCUT2D eigenvalue weighted by Gasteiger charge is -2.09. The summed E-state index contributed by atoms with van der Waals surface area (Å²) in [6.45, 7) is 0.244.